The molecule has 2 rings (SSSR count). The van der Waals surface area contributed by atoms with E-state index in [9.17, 15) is 22.8 Å². The summed E-state index contributed by atoms with van der Waals surface area (Å²) in [6.45, 7) is -0.333. The van der Waals surface area contributed by atoms with Crippen molar-refractivity contribution >= 4 is 11.3 Å². The molecule has 0 spiro atoms. The first-order valence-corrected chi connectivity index (χ1v) is 5.81. The fraction of sp³-hybridized carbons (Fsp3) is 0.333. The predicted octanol–water partition coefficient (Wildman–Crippen LogP) is 0.466. The van der Waals surface area contributed by atoms with Crippen LogP contribution in [0.5, 0.6) is 0 Å². The van der Waals surface area contributed by atoms with Crippen LogP contribution in [0.25, 0.3) is 0 Å². The maximum atomic E-state index is 12.7. The van der Waals surface area contributed by atoms with Crippen molar-refractivity contribution in [3.8, 4) is 0 Å². The second kappa shape index (κ2) is 4.61. The van der Waals surface area contributed by atoms with Crippen molar-refractivity contribution in [2.45, 2.75) is 12.7 Å². The number of hydrogen-bond donors (Lipinski definition) is 0. The second-order valence-corrected chi connectivity index (χ2v) is 4.58. The molecule has 19 heavy (non-hydrogen) atoms. The Balaban J connectivity index is 2.63. The first kappa shape index (κ1) is 13.5. The van der Waals surface area contributed by atoms with E-state index in [4.69, 9.17) is 0 Å². The SMILES string of the molecule is Cn1cc(C(F)(F)F)c(=O)n(Cc2nncs2)c1=O. The Labute approximate surface area is 107 Å². The summed E-state index contributed by atoms with van der Waals surface area (Å²) in [6, 6.07) is 0. The summed E-state index contributed by atoms with van der Waals surface area (Å²) < 4.78 is 39.2. The highest BCUT2D eigenvalue weighted by atomic mass is 32.1. The molecule has 2 aromatic heterocycles. The van der Waals surface area contributed by atoms with Crippen molar-refractivity contribution in [1.82, 2.24) is 19.3 Å². The molecule has 0 unspecified atom stereocenters. The lowest BCUT2D eigenvalue weighted by Gasteiger charge is -2.11. The monoisotopic (exact) mass is 292 g/mol. The van der Waals surface area contributed by atoms with E-state index >= 15 is 0 Å². The van der Waals surface area contributed by atoms with Gasteiger partial charge in [0.2, 0.25) is 0 Å². The molecule has 0 aliphatic heterocycles. The largest absolute Gasteiger partial charge is 0.423 e. The highest BCUT2D eigenvalue weighted by Crippen LogP contribution is 2.25. The Bertz CT molecular complexity index is 702. The number of halogens is 3. The maximum Gasteiger partial charge on any atom is 0.423 e. The minimum Gasteiger partial charge on any atom is -0.303 e. The zero-order valence-electron chi connectivity index (χ0n) is 9.51. The van der Waals surface area contributed by atoms with E-state index in [-0.39, 0.29) is 11.6 Å². The summed E-state index contributed by atoms with van der Waals surface area (Å²) in [5, 5.41) is 7.36. The van der Waals surface area contributed by atoms with Gasteiger partial charge in [0, 0.05) is 13.2 Å². The van der Waals surface area contributed by atoms with Crippen LogP contribution in [0.3, 0.4) is 0 Å². The lowest BCUT2D eigenvalue weighted by atomic mass is 10.3. The van der Waals surface area contributed by atoms with Gasteiger partial charge in [-0.15, -0.1) is 21.5 Å². The molecule has 0 radical (unpaired) electrons. The van der Waals surface area contributed by atoms with Crippen LogP contribution in [-0.4, -0.2) is 19.3 Å². The number of nitrogens with zero attached hydrogens (tertiary/aromatic N) is 4. The predicted molar refractivity (Wildman–Crippen MR) is 60.0 cm³/mol. The number of aryl methyl sites for hydroxylation is 1. The zero-order valence-corrected chi connectivity index (χ0v) is 10.3. The standard InChI is InChI=1S/C9H7F3N4O2S/c1-15-2-5(9(10,11)12)7(17)16(8(15)18)3-6-14-13-4-19-6/h2,4H,3H2,1H3. The summed E-state index contributed by atoms with van der Waals surface area (Å²) in [4.78, 5) is 23.4. The van der Waals surface area contributed by atoms with Crippen molar-refractivity contribution in [2.24, 2.45) is 7.05 Å². The molecule has 0 saturated carbocycles. The summed E-state index contributed by atoms with van der Waals surface area (Å²) in [7, 11) is 1.15. The van der Waals surface area contributed by atoms with Gasteiger partial charge in [-0.05, 0) is 0 Å². The second-order valence-electron chi connectivity index (χ2n) is 3.66. The minimum atomic E-state index is -4.81. The van der Waals surface area contributed by atoms with E-state index in [1.54, 1.807) is 0 Å². The first-order valence-electron chi connectivity index (χ1n) is 4.93. The van der Waals surface area contributed by atoms with Crippen LogP contribution in [0, 0.1) is 0 Å². The van der Waals surface area contributed by atoms with Gasteiger partial charge in [0.25, 0.3) is 5.56 Å². The normalized spacial score (nSPS) is 11.8. The van der Waals surface area contributed by atoms with Crippen LogP contribution in [0.1, 0.15) is 10.6 Å². The maximum absolute atomic E-state index is 12.7. The third-order valence-electron chi connectivity index (χ3n) is 2.33. The molecule has 0 aliphatic rings. The number of alkyl halides is 3. The third-order valence-corrected chi connectivity index (χ3v) is 3.02. The highest BCUT2D eigenvalue weighted by molar-refractivity contribution is 7.09. The molecule has 0 fully saturated rings. The van der Waals surface area contributed by atoms with Gasteiger partial charge in [0.05, 0.1) is 6.54 Å². The fourth-order valence-electron chi connectivity index (χ4n) is 1.46. The van der Waals surface area contributed by atoms with Crippen molar-refractivity contribution < 1.29 is 13.2 Å². The molecule has 0 atom stereocenters. The Morgan fingerprint density at radius 2 is 2.05 bits per heavy atom. The fourth-order valence-corrected chi connectivity index (χ4v) is 1.97. The Hall–Kier alpha value is -1.97. The highest BCUT2D eigenvalue weighted by Gasteiger charge is 2.35. The van der Waals surface area contributed by atoms with E-state index in [2.05, 4.69) is 10.2 Å². The van der Waals surface area contributed by atoms with E-state index < -0.39 is 23.0 Å². The summed E-state index contributed by atoms with van der Waals surface area (Å²) in [5.41, 5.74) is -2.25. The van der Waals surface area contributed by atoms with Crippen LogP contribution in [-0.2, 0) is 19.8 Å². The summed E-state index contributed by atoms with van der Waals surface area (Å²) >= 11 is 1.04. The van der Waals surface area contributed by atoms with Gasteiger partial charge in [-0.1, -0.05) is 0 Å². The van der Waals surface area contributed by atoms with Crippen molar-refractivity contribution in [3.63, 3.8) is 0 Å². The molecule has 10 heteroatoms. The van der Waals surface area contributed by atoms with Crippen molar-refractivity contribution in [3.05, 3.63) is 43.1 Å². The van der Waals surface area contributed by atoms with Crippen LogP contribution in [0.4, 0.5) is 13.2 Å². The van der Waals surface area contributed by atoms with Crippen LogP contribution in [0.2, 0.25) is 0 Å². The Morgan fingerprint density at radius 1 is 1.37 bits per heavy atom. The average molecular weight is 292 g/mol. The van der Waals surface area contributed by atoms with Crippen LogP contribution < -0.4 is 11.2 Å². The molecule has 0 amide bonds. The summed E-state index contributed by atoms with van der Waals surface area (Å²) in [6.07, 6.45) is -4.33. The lowest BCUT2D eigenvalue weighted by Crippen LogP contribution is -2.42. The van der Waals surface area contributed by atoms with Crippen LogP contribution in [0.15, 0.2) is 21.3 Å². The van der Waals surface area contributed by atoms with Crippen molar-refractivity contribution in [2.75, 3.05) is 0 Å². The lowest BCUT2D eigenvalue weighted by molar-refractivity contribution is -0.139. The Morgan fingerprint density at radius 3 is 2.58 bits per heavy atom. The van der Waals surface area contributed by atoms with Gasteiger partial charge in [-0.3, -0.25) is 9.36 Å². The minimum absolute atomic E-state index is 0.276. The summed E-state index contributed by atoms with van der Waals surface area (Å²) in [5.74, 6) is 0. The molecule has 2 heterocycles. The van der Waals surface area contributed by atoms with E-state index in [0.29, 0.717) is 15.3 Å². The number of rotatable bonds is 2. The zero-order chi connectivity index (χ0) is 14.2. The smallest absolute Gasteiger partial charge is 0.303 e. The molecule has 2 aromatic rings. The molecule has 6 nitrogen and oxygen atoms in total. The molecule has 0 saturated heterocycles. The molecular weight excluding hydrogens is 285 g/mol. The molecular formula is C9H7F3N4O2S. The van der Waals surface area contributed by atoms with Gasteiger partial charge >= 0.3 is 11.9 Å². The molecule has 0 aromatic carbocycles. The van der Waals surface area contributed by atoms with Gasteiger partial charge in [-0.25, -0.2) is 4.79 Å². The Kier molecular flexibility index (Phi) is 3.27. The molecule has 0 aliphatic carbocycles. The molecule has 102 valence electrons. The van der Waals surface area contributed by atoms with Crippen molar-refractivity contribution in [1.29, 1.82) is 0 Å². The van der Waals surface area contributed by atoms with Gasteiger partial charge < -0.3 is 4.57 Å². The van der Waals surface area contributed by atoms with E-state index in [1.165, 1.54) is 5.51 Å². The molecule has 0 N–H and O–H groups in total. The van der Waals surface area contributed by atoms with E-state index in [1.807, 2.05) is 0 Å². The number of aromatic nitrogens is 4. The van der Waals surface area contributed by atoms with Crippen LogP contribution >= 0.6 is 11.3 Å². The first-order chi connectivity index (χ1) is 8.80. The van der Waals surface area contributed by atoms with Gasteiger partial charge in [-0.2, -0.15) is 13.2 Å². The quantitative estimate of drug-likeness (QED) is 0.806. The average Bonchev–Trinajstić information content (AvgIpc) is 2.80. The van der Waals surface area contributed by atoms with E-state index in [0.717, 1.165) is 18.4 Å². The molecule has 0 bridgehead atoms. The third kappa shape index (κ3) is 2.57. The van der Waals surface area contributed by atoms with Gasteiger partial charge in [0.1, 0.15) is 16.1 Å². The topological polar surface area (TPSA) is 69.8 Å². The number of hydrogen-bond acceptors (Lipinski definition) is 5. The van der Waals surface area contributed by atoms with Gasteiger partial charge in [0.15, 0.2) is 0 Å².